The van der Waals surface area contributed by atoms with E-state index in [9.17, 15) is 9.90 Å². The number of fused-ring (bicyclic) bond motifs is 1. The average Bonchev–Trinajstić information content (AvgIpc) is 3.29. The lowest BCUT2D eigenvalue weighted by Gasteiger charge is -2.40. The summed E-state index contributed by atoms with van der Waals surface area (Å²) < 4.78 is 8.49. The Morgan fingerprint density at radius 3 is 2.25 bits per heavy atom. The Labute approximate surface area is 273 Å². The lowest BCUT2D eigenvalue weighted by Crippen LogP contribution is -2.50. The highest BCUT2D eigenvalue weighted by Crippen LogP contribution is 2.39. The van der Waals surface area contributed by atoms with Crippen LogP contribution in [0.1, 0.15) is 56.7 Å². The molecular formula is C36H42BrN3O3S. The number of halogens is 1. The number of carbonyl (C=O) groups is 1. The van der Waals surface area contributed by atoms with E-state index < -0.39 is 0 Å². The highest BCUT2D eigenvalue weighted by molar-refractivity contribution is 9.10. The normalized spacial score (nSPS) is 16.6. The highest BCUT2D eigenvalue weighted by atomic mass is 79.9. The molecule has 232 valence electrons. The number of aromatic nitrogens is 1. The van der Waals surface area contributed by atoms with Crippen LogP contribution in [0.3, 0.4) is 0 Å². The molecule has 0 atom stereocenters. The number of carbonyl (C=O) groups excluding carboxylic acids is 1. The molecule has 3 heterocycles. The maximum Gasteiger partial charge on any atom is 0.256 e. The lowest BCUT2D eigenvalue weighted by atomic mass is 10.0. The number of phenolic OH excluding ortho intramolecular Hbond substituents is 1. The Balaban J connectivity index is 1.40. The first-order chi connectivity index (χ1) is 21.2. The van der Waals surface area contributed by atoms with Crippen LogP contribution < -0.4 is 0 Å². The molecule has 1 aromatic heterocycles. The summed E-state index contributed by atoms with van der Waals surface area (Å²) in [6.07, 6.45) is 1.94. The molecule has 3 aromatic carbocycles. The van der Waals surface area contributed by atoms with Crippen LogP contribution in [0.5, 0.6) is 5.75 Å². The van der Waals surface area contributed by atoms with Gasteiger partial charge < -0.3 is 19.3 Å². The van der Waals surface area contributed by atoms with Crippen LogP contribution >= 0.6 is 27.7 Å². The second kappa shape index (κ2) is 13.3. The van der Waals surface area contributed by atoms with E-state index in [0.717, 1.165) is 74.4 Å². The summed E-state index contributed by atoms with van der Waals surface area (Å²) in [5.41, 5.74) is 8.84. The van der Waals surface area contributed by atoms with Crippen molar-refractivity contribution in [1.29, 1.82) is 0 Å². The van der Waals surface area contributed by atoms with E-state index >= 15 is 0 Å². The Bertz CT molecular complexity index is 1650. The summed E-state index contributed by atoms with van der Waals surface area (Å²) in [6.45, 7) is 14.2. The molecule has 6 rings (SSSR count). The van der Waals surface area contributed by atoms with E-state index in [1.54, 1.807) is 17.8 Å². The van der Waals surface area contributed by atoms with Gasteiger partial charge in [-0.1, -0.05) is 47.5 Å². The van der Waals surface area contributed by atoms with E-state index in [1.807, 2.05) is 11.0 Å². The van der Waals surface area contributed by atoms with Crippen molar-refractivity contribution < 1.29 is 14.6 Å². The molecular weight excluding hydrogens is 634 g/mol. The van der Waals surface area contributed by atoms with Crippen LogP contribution in [0, 0.1) is 27.7 Å². The van der Waals surface area contributed by atoms with Gasteiger partial charge in [-0.2, -0.15) is 0 Å². The van der Waals surface area contributed by atoms with Crippen molar-refractivity contribution in [1.82, 2.24) is 14.4 Å². The largest absolute Gasteiger partial charge is 0.507 e. The van der Waals surface area contributed by atoms with Crippen molar-refractivity contribution in [3.05, 3.63) is 92.1 Å². The van der Waals surface area contributed by atoms with Crippen molar-refractivity contribution in [2.75, 3.05) is 39.4 Å². The van der Waals surface area contributed by atoms with E-state index in [-0.39, 0.29) is 11.7 Å². The molecule has 44 heavy (non-hydrogen) atoms. The molecule has 0 saturated carbocycles. The summed E-state index contributed by atoms with van der Waals surface area (Å²) in [7, 11) is 0. The molecule has 2 aliphatic rings. The number of phenols is 1. The van der Waals surface area contributed by atoms with Gasteiger partial charge in [-0.15, -0.1) is 11.8 Å². The van der Waals surface area contributed by atoms with Gasteiger partial charge in [0.05, 0.1) is 28.8 Å². The Hall–Kier alpha value is -2.78. The predicted octanol–water partition coefficient (Wildman–Crippen LogP) is 7.62. The van der Waals surface area contributed by atoms with Crippen molar-refractivity contribution in [3.63, 3.8) is 0 Å². The quantitative estimate of drug-likeness (QED) is 0.204. The van der Waals surface area contributed by atoms with E-state index in [0.29, 0.717) is 22.8 Å². The minimum Gasteiger partial charge on any atom is -0.507 e. The number of rotatable bonds is 7. The zero-order valence-corrected chi connectivity index (χ0v) is 28.6. The summed E-state index contributed by atoms with van der Waals surface area (Å²) in [5.74, 6) is 0.858. The molecule has 0 radical (unpaired) electrons. The molecule has 6 nitrogen and oxygen atoms in total. The number of hydrogen-bond acceptors (Lipinski definition) is 5. The number of benzene rings is 3. The fourth-order valence-corrected chi connectivity index (χ4v) is 8.41. The third-order valence-electron chi connectivity index (χ3n) is 9.19. The maximum atomic E-state index is 14.6. The summed E-state index contributed by atoms with van der Waals surface area (Å²) in [6, 6.07) is 17.3. The van der Waals surface area contributed by atoms with E-state index in [1.165, 1.54) is 32.7 Å². The number of nitrogens with zero attached hydrogens (tertiary/aromatic N) is 3. The predicted molar refractivity (Wildman–Crippen MR) is 183 cm³/mol. The summed E-state index contributed by atoms with van der Waals surface area (Å²) in [5, 5.41) is 11.6. The van der Waals surface area contributed by atoms with Gasteiger partial charge in [-0.3, -0.25) is 9.69 Å². The van der Waals surface area contributed by atoms with Gasteiger partial charge in [0.25, 0.3) is 5.91 Å². The van der Waals surface area contributed by atoms with Crippen LogP contribution in [0.25, 0.3) is 10.9 Å². The zero-order chi connectivity index (χ0) is 31.0. The first-order valence-electron chi connectivity index (χ1n) is 15.6. The Morgan fingerprint density at radius 1 is 0.932 bits per heavy atom. The van der Waals surface area contributed by atoms with Gasteiger partial charge in [0.1, 0.15) is 5.75 Å². The number of likely N-dealkylation sites (tertiary alicyclic amines) is 1. The molecule has 0 bridgehead atoms. The molecule has 8 heteroatoms. The number of aryl methyl sites for hydroxylation is 4. The fraction of sp³-hybridized carbons (Fsp3) is 0.417. The molecule has 2 saturated heterocycles. The Morgan fingerprint density at radius 2 is 1.59 bits per heavy atom. The minimum absolute atomic E-state index is 0.0627. The van der Waals surface area contributed by atoms with Gasteiger partial charge in [-0.25, -0.2) is 0 Å². The standard InChI is InChI=1S/C36H42BrN3O3S/c1-23-5-7-27(8-6-23)21-40-31-20-30(37)33(41)19-29(31)34(32(40)22-44-35-25(3)17-24(2)18-26(35)4)36(42)39-11-9-28(10-12-39)38-13-15-43-16-14-38/h5-8,17-20,28,41H,9-16,21-22H2,1-4H3. The van der Waals surface area contributed by atoms with Crippen molar-refractivity contribution >= 4 is 44.5 Å². The molecule has 1 N–H and O–H groups in total. The van der Waals surface area contributed by atoms with Crippen LogP contribution in [-0.4, -0.2) is 70.8 Å². The lowest BCUT2D eigenvalue weighted by molar-refractivity contribution is 0.00160. The molecule has 0 aliphatic carbocycles. The SMILES string of the molecule is Cc1ccc(Cn2c(CSc3c(C)cc(C)cc3C)c(C(=O)N3CCC(N4CCOCC4)CC3)c3cc(O)c(Br)cc32)cc1. The van der Waals surface area contributed by atoms with Crippen molar-refractivity contribution in [2.24, 2.45) is 0 Å². The fourth-order valence-electron chi connectivity index (χ4n) is 6.93. The van der Waals surface area contributed by atoms with Gasteiger partial charge in [-0.05, 0) is 85.3 Å². The van der Waals surface area contributed by atoms with Gasteiger partial charge >= 0.3 is 0 Å². The molecule has 4 aromatic rings. The van der Waals surface area contributed by atoms with Crippen LogP contribution in [0.2, 0.25) is 0 Å². The maximum absolute atomic E-state index is 14.6. The first kappa shape index (κ1) is 31.2. The van der Waals surface area contributed by atoms with Crippen LogP contribution in [0.15, 0.2) is 57.9 Å². The van der Waals surface area contributed by atoms with Gasteiger partial charge in [0.15, 0.2) is 0 Å². The number of amides is 1. The van der Waals surface area contributed by atoms with Crippen molar-refractivity contribution in [2.45, 2.75) is 63.8 Å². The van der Waals surface area contributed by atoms with Crippen LogP contribution in [0.4, 0.5) is 0 Å². The number of hydrogen-bond donors (Lipinski definition) is 1. The third-order valence-corrected chi connectivity index (χ3v) is 11.2. The highest BCUT2D eigenvalue weighted by Gasteiger charge is 2.32. The topological polar surface area (TPSA) is 57.9 Å². The van der Waals surface area contributed by atoms with Crippen LogP contribution in [-0.2, 0) is 17.0 Å². The van der Waals surface area contributed by atoms with E-state index in [4.69, 9.17) is 4.74 Å². The zero-order valence-electron chi connectivity index (χ0n) is 26.2. The number of aromatic hydroxyl groups is 1. The second-order valence-corrected chi connectivity index (χ2v) is 14.2. The minimum atomic E-state index is 0.0627. The van der Waals surface area contributed by atoms with Gasteiger partial charge in [0, 0.05) is 60.5 Å². The molecule has 1 amide bonds. The average molecular weight is 677 g/mol. The molecule has 0 spiro atoms. The third kappa shape index (κ3) is 6.45. The number of piperidine rings is 1. The number of thioether (sulfide) groups is 1. The monoisotopic (exact) mass is 675 g/mol. The van der Waals surface area contributed by atoms with Crippen molar-refractivity contribution in [3.8, 4) is 5.75 Å². The Kier molecular flexibility index (Phi) is 9.43. The first-order valence-corrected chi connectivity index (χ1v) is 17.4. The molecule has 0 unspecified atom stereocenters. The summed E-state index contributed by atoms with van der Waals surface area (Å²) in [4.78, 5) is 20.4. The smallest absolute Gasteiger partial charge is 0.256 e. The number of morpholine rings is 1. The number of ether oxygens (including phenoxy) is 1. The molecule has 2 aliphatic heterocycles. The van der Waals surface area contributed by atoms with E-state index in [2.05, 4.69) is 89.5 Å². The molecule has 2 fully saturated rings. The summed E-state index contributed by atoms with van der Waals surface area (Å²) >= 11 is 5.36. The second-order valence-electron chi connectivity index (χ2n) is 12.4. The van der Waals surface area contributed by atoms with Gasteiger partial charge in [0.2, 0.25) is 0 Å².